The molecule has 0 aliphatic carbocycles. The molecule has 2 rings (SSSR count). The lowest BCUT2D eigenvalue weighted by Crippen LogP contribution is -2.29. The van der Waals surface area contributed by atoms with Gasteiger partial charge in [-0.15, -0.1) is 0 Å². The molecule has 0 unspecified atom stereocenters. The fraction of sp³-hybridized carbons (Fsp3) is 0.238. The Bertz CT molecular complexity index is 802. The zero-order valence-corrected chi connectivity index (χ0v) is 15.3. The van der Waals surface area contributed by atoms with Crippen molar-refractivity contribution in [3.63, 3.8) is 0 Å². The van der Waals surface area contributed by atoms with Gasteiger partial charge in [0.05, 0.1) is 42.7 Å². The highest BCUT2D eigenvalue weighted by Gasteiger charge is 2.05. The van der Waals surface area contributed by atoms with E-state index in [4.69, 9.17) is 15.4 Å². The minimum absolute atomic E-state index is 0.116. The molecular formula is C21H20N4O3. The quantitative estimate of drug-likeness (QED) is 0.511. The van der Waals surface area contributed by atoms with E-state index in [1.165, 1.54) is 0 Å². The van der Waals surface area contributed by atoms with Crippen molar-refractivity contribution < 1.29 is 14.4 Å². The van der Waals surface area contributed by atoms with E-state index in [0.29, 0.717) is 24.1 Å². The van der Waals surface area contributed by atoms with E-state index in [-0.39, 0.29) is 31.3 Å². The number of hydroxylamine groups is 1. The smallest absolute Gasteiger partial charge is 0.247 e. The van der Waals surface area contributed by atoms with Crippen molar-refractivity contribution >= 4 is 11.8 Å². The summed E-state index contributed by atoms with van der Waals surface area (Å²) in [7, 11) is 0. The van der Waals surface area contributed by atoms with Gasteiger partial charge in [0, 0.05) is 6.54 Å². The molecule has 28 heavy (non-hydrogen) atoms. The van der Waals surface area contributed by atoms with Crippen molar-refractivity contribution in [2.75, 3.05) is 13.2 Å². The predicted molar refractivity (Wildman–Crippen MR) is 101 cm³/mol. The van der Waals surface area contributed by atoms with Gasteiger partial charge in [-0.05, 0) is 41.8 Å². The molecule has 2 aromatic rings. The molecule has 0 spiro atoms. The van der Waals surface area contributed by atoms with Gasteiger partial charge in [-0.1, -0.05) is 24.3 Å². The van der Waals surface area contributed by atoms with Crippen molar-refractivity contribution in [2.45, 2.75) is 19.3 Å². The van der Waals surface area contributed by atoms with E-state index in [1.54, 1.807) is 48.5 Å². The Hall–Kier alpha value is -3.68. The van der Waals surface area contributed by atoms with Crippen LogP contribution < -0.4 is 10.8 Å². The van der Waals surface area contributed by atoms with Gasteiger partial charge in [-0.3, -0.25) is 14.4 Å². The Morgan fingerprint density at radius 3 is 1.82 bits per heavy atom. The first-order chi connectivity index (χ1) is 13.6. The van der Waals surface area contributed by atoms with Crippen molar-refractivity contribution in [1.29, 1.82) is 10.5 Å². The third-order valence-electron chi connectivity index (χ3n) is 3.83. The van der Waals surface area contributed by atoms with Gasteiger partial charge in [0.25, 0.3) is 0 Å². The van der Waals surface area contributed by atoms with E-state index in [1.807, 2.05) is 12.1 Å². The minimum Gasteiger partial charge on any atom is -0.356 e. The number of nitrogens with zero attached hydrogens (tertiary/aromatic N) is 2. The molecule has 2 N–H and O–H groups in total. The fourth-order valence-electron chi connectivity index (χ4n) is 2.37. The lowest BCUT2D eigenvalue weighted by molar-refractivity contribution is -0.133. The normalized spacial score (nSPS) is 9.79. The molecular weight excluding hydrogens is 356 g/mol. The summed E-state index contributed by atoms with van der Waals surface area (Å²) in [5.41, 5.74) is 5.08. The van der Waals surface area contributed by atoms with Crippen LogP contribution in [0.2, 0.25) is 0 Å². The first kappa shape index (κ1) is 20.6. The van der Waals surface area contributed by atoms with Gasteiger partial charge >= 0.3 is 0 Å². The molecule has 0 saturated carbocycles. The molecule has 7 heteroatoms. The summed E-state index contributed by atoms with van der Waals surface area (Å²) >= 11 is 0. The number of amides is 2. The maximum atomic E-state index is 11.8. The maximum Gasteiger partial charge on any atom is 0.247 e. The Labute approximate surface area is 163 Å². The number of hydrogen-bond acceptors (Lipinski definition) is 5. The highest BCUT2D eigenvalue weighted by atomic mass is 16.6. The Balaban J connectivity index is 1.55. The Morgan fingerprint density at radius 1 is 0.821 bits per heavy atom. The van der Waals surface area contributed by atoms with Crippen molar-refractivity contribution in [2.24, 2.45) is 0 Å². The maximum absolute atomic E-state index is 11.8. The average molecular weight is 376 g/mol. The number of hydrogen-bond donors (Lipinski definition) is 2. The average Bonchev–Trinajstić information content (AvgIpc) is 2.71. The Morgan fingerprint density at radius 2 is 1.32 bits per heavy atom. The van der Waals surface area contributed by atoms with E-state index in [9.17, 15) is 9.59 Å². The summed E-state index contributed by atoms with van der Waals surface area (Å²) < 4.78 is 0. The summed E-state index contributed by atoms with van der Waals surface area (Å²) in [6.07, 6.45) is 0.956. The van der Waals surface area contributed by atoms with Gasteiger partial charge in [-0.25, -0.2) is 5.48 Å². The van der Waals surface area contributed by atoms with Crippen LogP contribution in [0.15, 0.2) is 48.5 Å². The molecule has 0 atom stereocenters. The van der Waals surface area contributed by atoms with Crippen molar-refractivity contribution in [3.05, 3.63) is 70.8 Å². The Kier molecular flexibility index (Phi) is 8.19. The highest BCUT2D eigenvalue weighted by Crippen LogP contribution is 2.05. The monoisotopic (exact) mass is 376 g/mol. The predicted octanol–water partition coefficient (Wildman–Crippen LogP) is 1.77. The SMILES string of the molecule is N#Cc1ccc(CC(=O)NCCCONC(=O)Cc2ccc(C#N)cc2)cc1. The summed E-state index contributed by atoms with van der Waals surface area (Å²) in [5, 5.41) is 20.3. The van der Waals surface area contributed by atoms with E-state index < -0.39 is 0 Å². The molecule has 0 heterocycles. The third-order valence-corrected chi connectivity index (χ3v) is 3.83. The van der Waals surface area contributed by atoms with E-state index in [2.05, 4.69) is 10.8 Å². The van der Waals surface area contributed by atoms with Crippen LogP contribution in [0.3, 0.4) is 0 Å². The molecule has 0 aliphatic rings. The summed E-state index contributed by atoms with van der Waals surface area (Å²) in [6.45, 7) is 0.705. The number of carbonyl (C=O) groups excluding carboxylic acids is 2. The molecule has 7 nitrogen and oxygen atoms in total. The number of nitrogens with one attached hydrogen (secondary N) is 2. The molecule has 0 aromatic heterocycles. The zero-order chi connectivity index (χ0) is 20.2. The van der Waals surface area contributed by atoms with E-state index in [0.717, 1.165) is 11.1 Å². The molecule has 2 aromatic carbocycles. The molecule has 142 valence electrons. The molecule has 0 radical (unpaired) electrons. The van der Waals surface area contributed by atoms with Crippen LogP contribution in [0.5, 0.6) is 0 Å². The summed E-state index contributed by atoms with van der Waals surface area (Å²) in [4.78, 5) is 28.7. The highest BCUT2D eigenvalue weighted by molar-refractivity contribution is 5.78. The topological polar surface area (TPSA) is 115 Å². The summed E-state index contributed by atoms with van der Waals surface area (Å²) in [6, 6.07) is 17.7. The second kappa shape index (κ2) is 11.1. The number of nitriles is 2. The number of rotatable bonds is 9. The van der Waals surface area contributed by atoms with Gasteiger partial charge in [-0.2, -0.15) is 10.5 Å². The van der Waals surface area contributed by atoms with Crippen LogP contribution in [-0.2, 0) is 27.3 Å². The van der Waals surface area contributed by atoms with Crippen molar-refractivity contribution in [1.82, 2.24) is 10.8 Å². The lowest BCUT2D eigenvalue weighted by atomic mass is 10.1. The lowest BCUT2D eigenvalue weighted by Gasteiger charge is -2.07. The van der Waals surface area contributed by atoms with Crippen LogP contribution >= 0.6 is 0 Å². The zero-order valence-electron chi connectivity index (χ0n) is 15.3. The second-order valence-electron chi connectivity index (χ2n) is 6.05. The first-order valence-electron chi connectivity index (χ1n) is 8.76. The first-order valence-corrected chi connectivity index (χ1v) is 8.76. The van der Waals surface area contributed by atoms with Crippen LogP contribution in [0.25, 0.3) is 0 Å². The van der Waals surface area contributed by atoms with Gasteiger partial charge in [0.1, 0.15) is 0 Å². The standard InChI is InChI=1S/C21H20N4O3/c22-14-18-6-2-16(3-7-18)12-20(26)24-10-1-11-28-25-21(27)13-17-4-8-19(15-23)9-5-17/h2-9H,1,10-13H2,(H,24,26)(H,25,27). The largest absolute Gasteiger partial charge is 0.356 e. The molecule has 0 bridgehead atoms. The van der Waals surface area contributed by atoms with Gasteiger partial charge < -0.3 is 5.32 Å². The summed E-state index contributed by atoms with van der Waals surface area (Å²) in [5.74, 6) is -0.399. The molecule has 0 saturated heterocycles. The van der Waals surface area contributed by atoms with E-state index >= 15 is 0 Å². The third kappa shape index (κ3) is 7.28. The molecule has 0 fully saturated rings. The van der Waals surface area contributed by atoms with Crippen LogP contribution in [0.4, 0.5) is 0 Å². The number of benzene rings is 2. The second-order valence-corrected chi connectivity index (χ2v) is 6.05. The minimum atomic E-state index is -0.283. The molecule has 2 amide bonds. The van der Waals surface area contributed by atoms with Gasteiger partial charge in [0.2, 0.25) is 11.8 Å². The van der Waals surface area contributed by atoms with Crippen LogP contribution in [0.1, 0.15) is 28.7 Å². The number of carbonyl (C=O) groups is 2. The fourth-order valence-corrected chi connectivity index (χ4v) is 2.37. The van der Waals surface area contributed by atoms with Crippen LogP contribution in [-0.4, -0.2) is 25.0 Å². The van der Waals surface area contributed by atoms with Crippen molar-refractivity contribution in [3.8, 4) is 12.1 Å². The molecule has 0 aliphatic heterocycles. The van der Waals surface area contributed by atoms with Crippen LogP contribution in [0, 0.1) is 22.7 Å². The van der Waals surface area contributed by atoms with Gasteiger partial charge in [0.15, 0.2) is 0 Å².